The Morgan fingerprint density at radius 3 is 2.31 bits per heavy atom. The van der Waals surface area contributed by atoms with Crippen LogP contribution < -0.4 is 0 Å². The van der Waals surface area contributed by atoms with E-state index in [2.05, 4.69) is 6.92 Å². The van der Waals surface area contributed by atoms with Crippen molar-refractivity contribution in [1.82, 2.24) is 0 Å². The average molecular weight is 403 g/mol. The highest BCUT2D eigenvalue weighted by atomic mass is 16.7. The molecule has 29 heavy (non-hydrogen) atoms. The minimum Gasteiger partial charge on any atom is -0.434 e. The maximum Gasteiger partial charge on any atom is 0.513 e. The summed E-state index contributed by atoms with van der Waals surface area (Å²) in [5.41, 5.74) is 2.92. The van der Waals surface area contributed by atoms with Crippen molar-refractivity contribution in [2.24, 2.45) is 5.41 Å². The molecule has 0 atom stereocenters. The quantitative estimate of drug-likeness (QED) is 0.329. The molecule has 0 radical (unpaired) electrons. The van der Waals surface area contributed by atoms with E-state index in [1.807, 2.05) is 32.0 Å². The molecule has 0 amide bonds. The summed E-state index contributed by atoms with van der Waals surface area (Å²) in [5, 5.41) is 0. The number of methoxy groups -OCH3 is 1. The summed E-state index contributed by atoms with van der Waals surface area (Å²) in [6, 6.07) is 6.00. The fourth-order valence-corrected chi connectivity index (χ4v) is 4.25. The maximum absolute atomic E-state index is 12.9. The molecule has 1 fully saturated rings. The van der Waals surface area contributed by atoms with Gasteiger partial charge in [-0.3, -0.25) is 4.79 Å². The van der Waals surface area contributed by atoms with Gasteiger partial charge >= 0.3 is 6.16 Å². The van der Waals surface area contributed by atoms with Crippen molar-refractivity contribution in [1.29, 1.82) is 0 Å². The van der Waals surface area contributed by atoms with E-state index in [9.17, 15) is 9.59 Å². The molecule has 0 spiro atoms. The van der Waals surface area contributed by atoms with Gasteiger partial charge in [0.05, 0.1) is 18.3 Å². The van der Waals surface area contributed by atoms with Gasteiger partial charge in [0, 0.05) is 12.5 Å². The van der Waals surface area contributed by atoms with Crippen LogP contribution in [-0.2, 0) is 19.0 Å². The van der Waals surface area contributed by atoms with Gasteiger partial charge in [0.25, 0.3) is 0 Å². The van der Waals surface area contributed by atoms with Gasteiger partial charge in [-0.1, -0.05) is 30.7 Å². The van der Waals surface area contributed by atoms with E-state index in [0.717, 1.165) is 48.8 Å². The standard InChI is InChI=1S/C24H34O5/c1-7-24(13-11-19(27-6)12-14-24)22(29-23(26)28-8-2)21(18(5)25)20-15-16(3)9-10-17(20)4/h9-10,15,19H,7-8,11-14H2,1-6H3/b22-21-. The largest absolute Gasteiger partial charge is 0.513 e. The van der Waals surface area contributed by atoms with Crippen LogP contribution in [0.1, 0.15) is 69.6 Å². The fourth-order valence-electron chi connectivity index (χ4n) is 4.25. The first-order chi connectivity index (χ1) is 13.8. The number of benzene rings is 1. The highest BCUT2D eigenvalue weighted by Crippen LogP contribution is 2.49. The number of ketones is 1. The van der Waals surface area contributed by atoms with E-state index >= 15 is 0 Å². The molecule has 2 rings (SSSR count). The normalized spacial score (nSPS) is 22.6. The lowest BCUT2D eigenvalue weighted by Gasteiger charge is -2.41. The maximum atomic E-state index is 12.9. The van der Waals surface area contributed by atoms with Crippen molar-refractivity contribution >= 4 is 17.5 Å². The Balaban J connectivity index is 2.69. The molecule has 0 bridgehead atoms. The Labute approximate surface area is 174 Å². The summed E-state index contributed by atoms with van der Waals surface area (Å²) >= 11 is 0. The van der Waals surface area contributed by atoms with E-state index in [-0.39, 0.29) is 18.5 Å². The predicted molar refractivity (Wildman–Crippen MR) is 114 cm³/mol. The van der Waals surface area contributed by atoms with Gasteiger partial charge in [-0.25, -0.2) is 4.79 Å². The van der Waals surface area contributed by atoms with Crippen LogP contribution in [0, 0.1) is 19.3 Å². The summed E-state index contributed by atoms with van der Waals surface area (Å²) in [6.07, 6.45) is 3.50. The number of aryl methyl sites for hydroxylation is 2. The van der Waals surface area contributed by atoms with Crippen LogP contribution in [-0.4, -0.2) is 31.8 Å². The first kappa shape index (κ1) is 23.1. The Morgan fingerprint density at radius 1 is 1.14 bits per heavy atom. The van der Waals surface area contributed by atoms with Crippen LogP contribution in [0.3, 0.4) is 0 Å². The number of carbonyl (C=O) groups excluding carboxylic acids is 2. The number of Topliss-reactive ketones (excluding diaryl/α,β-unsaturated/α-hetero) is 1. The first-order valence-corrected chi connectivity index (χ1v) is 10.5. The van der Waals surface area contributed by atoms with Gasteiger partial charge in [0.2, 0.25) is 0 Å². The third-order valence-electron chi connectivity index (χ3n) is 6.07. The summed E-state index contributed by atoms with van der Waals surface area (Å²) in [6.45, 7) is 9.54. The van der Waals surface area contributed by atoms with E-state index in [1.165, 1.54) is 6.92 Å². The number of hydrogen-bond donors (Lipinski definition) is 0. The Morgan fingerprint density at radius 2 is 1.79 bits per heavy atom. The van der Waals surface area contributed by atoms with Crippen molar-refractivity contribution in [3.05, 3.63) is 40.6 Å². The molecule has 160 valence electrons. The number of ether oxygens (including phenoxy) is 3. The topological polar surface area (TPSA) is 61.8 Å². The number of hydrogen-bond acceptors (Lipinski definition) is 5. The SMILES string of the molecule is CCOC(=O)O/C(=C(/C(C)=O)c1cc(C)ccc1C)C1(CC)CCC(OC)CC1. The molecule has 1 aromatic rings. The number of carbonyl (C=O) groups is 2. The highest BCUT2D eigenvalue weighted by molar-refractivity contribution is 6.21. The second-order valence-corrected chi connectivity index (χ2v) is 7.93. The summed E-state index contributed by atoms with van der Waals surface area (Å²) < 4.78 is 16.4. The monoisotopic (exact) mass is 402 g/mol. The van der Waals surface area contributed by atoms with Gasteiger partial charge in [0.15, 0.2) is 5.78 Å². The molecule has 1 saturated carbocycles. The van der Waals surface area contributed by atoms with Crippen molar-refractivity contribution < 1.29 is 23.8 Å². The van der Waals surface area contributed by atoms with Crippen molar-refractivity contribution in [3.8, 4) is 0 Å². The molecule has 1 aliphatic carbocycles. The molecule has 0 unspecified atom stereocenters. The second kappa shape index (κ2) is 10.1. The third kappa shape index (κ3) is 5.27. The fraction of sp³-hybridized carbons (Fsp3) is 0.583. The minimum absolute atomic E-state index is 0.111. The first-order valence-electron chi connectivity index (χ1n) is 10.5. The van der Waals surface area contributed by atoms with Gasteiger partial charge < -0.3 is 14.2 Å². The van der Waals surface area contributed by atoms with Crippen LogP contribution >= 0.6 is 0 Å². The Kier molecular flexibility index (Phi) is 8.03. The molecule has 0 aliphatic heterocycles. The zero-order chi connectivity index (χ0) is 21.6. The molecule has 0 aromatic heterocycles. The molecule has 5 heteroatoms. The average Bonchev–Trinajstić information content (AvgIpc) is 2.70. The van der Waals surface area contributed by atoms with Crippen LogP contribution in [0.15, 0.2) is 24.0 Å². The lowest BCUT2D eigenvalue weighted by atomic mass is 9.68. The number of rotatable bonds is 7. The van der Waals surface area contributed by atoms with Crippen LogP contribution in [0.4, 0.5) is 4.79 Å². The predicted octanol–water partition coefficient (Wildman–Crippen LogP) is 5.76. The Bertz CT molecular complexity index is 769. The van der Waals surface area contributed by atoms with Crippen LogP contribution in [0.2, 0.25) is 0 Å². The van der Waals surface area contributed by atoms with E-state index in [4.69, 9.17) is 14.2 Å². The zero-order valence-corrected chi connectivity index (χ0v) is 18.6. The summed E-state index contributed by atoms with van der Waals surface area (Å²) in [7, 11) is 1.73. The molecule has 5 nitrogen and oxygen atoms in total. The smallest absolute Gasteiger partial charge is 0.434 e. The second-order valence-electron chi connectivity index (χ2n) is 7.93. The molecule has 0 saturated heterocycles. The third-order valence-corrected chi connectivity index (χ3v) is 6.07. The van der Waals surface area contributed by atoms with Gasteiger partial charge in [0.1, 0.15) is 5.76 Å². The van der Waals surface area contributed by atoms with Crippen molar-refractivity contribution in [2.45, 2.75) is 72.8 Å². The molecular formula is C24H34O5. The van der Waals surface area contributed by atoms with Crippen molar-refractivity contribution in [2.75, 3.05) is 13.7 Å². The van der Waals surface area contributed by atoms with Gasteiger partial charge in [-0.15, -0.1) is 0 Å². The van der Waals surface area contributed by atoms with Gasteiger partial charge in [-0.05, 0) is 70.9 Å². The zero-order valence-electron chi connectivity index (χ0n) is 18.6. The lowest BCUT2D eigenvalue weighted by molar-refractivity contribution is -0.112. The van der Waals surface area contributed by atoms with E-state index in [0.29, 0.717) is 11.3 Å². The summed E-state index contributed by atoms with van der Waals surface area (Å²) in [5.74, 6) is 0.342. The molecule has 0 N–H and O–H groups in total. The number of allylic oxidation sites excluding steroid dienone is 2. The molecule has 1 aromatic carbocycles. The van der Waals surface area contributed by atoms with E-state index < -0.39 is 11.6 Å². The minimum atomic E-state index is -0.756. The van der Waals surface area contributed by atoms with Crippen molar-refractivity contribution in [3.63, 3.8) is 0 Å². The highest BCUT2D eigenvalue weighted by Gasteiger charge is 2.42. The van der Waals surface area contributed by atoms with Gasteiger partial charge in [-0.2, -0.15) is 0 Å². The molecule has 1 aliphatic rings. The van der Waals surface area contributed by atoms with Crippen LogP contribution in [0.25, 0.3) is 5.57 Å². The van der Waals surface area contributed by atoms with Crippen LogP contribution in [0.5, 0.6) is 0 Å². The molecule has 0 heterocycles. The molecular weight excluding hydrogens is 368 g/mol. The Hall–Kier alpha value is -2.14. The van der Waals surface area contributed by atoms with E-state index in [1.54, 1.807) is 14.0 Å². The lowest BCUT2D eigenvalue weighted by Crippen LogP contribution is -2.35. The summed E-state index contributed by atoms with van der Waals surface area (Å²) in [4.78, 5) is 25.3.